The summed E-state index contributed by atoms with van der Waals surface area (Å²) in [4.78, 5) is 26.3. The molecule has 1 aliphatic heterocycles. The van der Waals surface area contributed by atoms with Crippen molar-refractivity contribution in [1.82, 2.24) is 10.2 Å². The van der Waals surface area contributed by atoms with Crippen molar-refractivity contribution in [1.29, 1.82) is 0 Å². The molecule has 0 aromatic heterocycles. The van der Waals surface area contributed by atoms with Crippen LogP contribution < -0.4 is 5.32 Å². The lowest BCUT2D eigenvalue weighted by atomic mass is 9.83. The van der Waals surface area contributed by atoms with Gasteiger partial charge in [0.15, 0.2) is 0 Å². The lowest BCUT2D eigenvalue weighted by Gasteiger charge is -2.26. The molecule has 1 N–H and O–H groups in total. The molecular weight excluding hydrogens is 340 g/mol. The van der Waals surface area contributed by atoms with E-state index < -0.39 is 11.8 Å². The molecule has 1 saturated heterocycles. The normalized spacial score (nSPS) is 21.3. The summed E-state index contributed by atoms with van der Waals surface area (Å²) in [5, 5.41) is 3.39. The van der Waals surface area contributed by atoms with Crippen LogP contribution in [0.1, 0.15) is 43.8 Å². The van der Waals surface area contributed by atoms with Gasteiger partial charge in [0, 0.05) is 30.3 Å². The molecule has 0 radical (unpaired) electrons. The van der Waals surface area contributed by atoms with E-state index in [0.29, 0.717) is 43.6 Å². The molecule has 1 aromatic carbocycles. The quantitative estimate of drug-likeness (QED) is 0.836. The fourth-order valence-electron chi connectivity index (χ4n) is 3.32. The molecule has 1 saturated carbocycles. The largest absolute Gasteiger partial charge is 0.372 e. The van der Waals surface area contributed by atoms with Crippen LogP contribution in [0.2, 0.25) is 5.02 Å². The number of amides is 2. The summed E-state index contributed by atoms with van der Waals surface area (Å²) in [6.45, 7) is 1.99. The molecule has 0 spiro atoms. The molecule has 3 rings (SSSR count). The Morgan fingerprint density at radius 3 is 2.76 bits per heavy atom. The maximum Gasteiger partial charge on any atom is 0.311 e. The number of nitrogens with zero attached hydrogens (tertiary/aromatic N) is 1. The zero-order chi connectivity index (χ0) is 17.6. The molecule has 1 heterocycles. The van der Waals surface area contributed by atoms with Gasteiger partial charge in [0.2, 0.25) is 0 Å². The van der Waals surface area contributed by atoms with Gasteiger partial charge in [-0.15, -0.1) is 0 Å². The molecular formula is C19H25ClN2O3. The van der Waals surface area contributed by atoms with Crippen molar-refractivity contribution in [3.05, 3.63) is 34.9 Å². The van der Waals surface area contributed by atoms with E-state index in [1.165, 1.54) is 19.3 Å². The van der Waals surface area contributed by atoms with E-state index in [2.05, 4.69) is 5.32 Å². The molecule has 1 aliphatic carbocycles. The monoisotopic (exact) mass is 364 g/mol. The number of halogens is 1. The lowest BCUT2D eigenvalue weighted by molar-refractivity contribution is -0.146. The smallest absolute Gasteiger partial charge is 0.311 e. The highest BCUT2D eigenvalue weighted by Gasteiger charge is 2.28. The summed E-state index contributed by atoms with van der Waals surface area (Å²) in [7, 11) is 0. The van der Waals surface area contributed by atoms with Gasteiger partial charge in [-0.05, 0) is 24.8 Å². The molecule has 1 atom stereocenters. The standard InChI is InChI=1S/C19H25ClN2O3/c20-16-8-2-1-7-15(16)17-13-22(11-4-12-25-17)19(24)18(23)21-10-9-14-5-3-6-14/h1-2,7-8,14,17H,3-6,9-13H2,(H,21,23). The molecule has 1 unspecified atom stereocenters. The molecule has 2 amide bonds. The number of hydrogen-bond acceptors (Lipinski definition) is 3. The van der Waals surface area contributed by atoms with Gasteiger partial charge >= 0.3 is 11.8 Å². The minimum absolute atomic E-state index is 0.303. The summed E-state index contributed by atoms with van der Waals surface area (Å²) in [6.07, 6.45) is 5.14. The number of carbonyl (C=O) groups is 2. The number of carbonyl (C=O) groups excluding carboxylic acids is 2. The highest BCUT2D eigenvalue weighted by atomic mass is 35.5. The highest BCUT2D eigenvalue weighted by Crippen LogP contribution is 2.29. The number of hydrogen-bond donors (Lipinski definition) is 1. The van der Waals surface area contributed by atoms with E-state index in [9.17, 15) is 9.59 Å². The van der Waals surface area contributed by atoms with Crippen LogP contribution >= 0.6 is 11.6 Å². The van der Waals surface area contributed by atoms with Crippen molar-refractivity contribution >= 4 is 23.4 Å². The van der Waals surface area contributed by atoms with Crippen LogP contribution in [-0.2, 0) is 14.3 Å². The Labute approximate surface area is 153 Å². The molecule has 25 heavy (non-hydrogen) atoms. The molecule has 5 nitrogen and oxygen atoms in total. The predicted molar refractivity (Wildman–Crippen MR) is 96.3 cm³/mol. The fraction of sp³-hybridized carbons (Fsp3) is 0.579. The summed E-state index contributed by atoms with van der Waals surface area (Å²) >= 11 is 6.26. The van der Waals surface area contributed by atoms with Crippen molar-refractivity contribution < 1.29 is 14.3 Å². The average molecular weight is 365 g/mol. The predicted octanol–water partition coefficient (Wildman–Crippen LogP) is 2.94. The van der Waals surface area contributed by atoms with Crippen molar-refractivity contribution in [2.75, 3.05) is 26.2 Å². The molecule has 1 aromatic rings. The molecule has 2 fully saturated rings. The minimum Gasteiger partial charge on any atom is -0.372 e. The first-order chi connectivity index (χ1) is 12.1. The highest BCUT2D eigenvalue weighted by molar-refractivity contribution is 6.35. The van der Waals surface area contributed by atoms with Crippen LogP contribution in [0, 0.1) is 5.92 Å². The van der Waals surface area contributed by atoms with Crippen LogP contribution in [-0.4, -0.2) is 43.0 Å². The van der Waals surface area contributed by atoms with Crippen LogP contribution in [0.3, 0.4) is 0 Å². The zero-order valence-electron chi connectivity index (χ0n) is 14.4. The van der Waals surface area contributed by atoms with Gasteiger partial charge < -0.3 is 15.0 Å². The van der Waals surface area contributed by atoms with Gasteiger partial charge in [-0.3, -0.25) is 9.59 Å². The third-order valence-corrected chi connectivity index (χ3v) is 5.42. The molecule has 0 bridgehead atoms. The van der Waals surface area contributed by atoms with Crippen molar-refractivity contribution in [3.63, 3.8) is 0 Å². The molecule has 6 heteroatoms. The van der Waals surface area contributed by atoms with Crippen molar-refractivity contribution in [3.8, 4) is 0 Å². The van der Waals surface area contributed by atoms with Gasteiger partial charge in [0.05, 0.1) is 6.54 Å². The van der Waals surface area contributed by atoms with Gasteiger partial charge in [0.1, 0.15) is 6.10 Å². The third kappa shape index (κ3) is 4.73. The average Bonchev–Trinajstić information content (AvgIpc) is 2.82. The van der Waals surface area contributed by atoms with Gasteiger partial charge in [0.25, 0.3) is 0 Å². The summed E-state index contributed by atoms with van der Waals surface area (Å²) in [6, 6.07) is 7.47. The van der Waals surface area contributed by atoms with E-state index in [4.69, 9.17) is 16.3 Å². The Morgan fingerprint density at radius 1 is 1.24 bits per heavy atom. The van der Waals surface area contributed by atoms with E-state index in [0.717, 1.165) is 12.0 Å². The first-order valence-corrected chi connectivity index (χ1v) is 9.46. The van der Waals surface area contributed by atoms with Crippen LogP contribution in [0.4, 0.5) is 0 Å². The van der Waals surface area contributed by atoms with Crippen LogP contribution in [0.15, 0.2) is 24.3 Å². The van der Waals surface area contributed by atoms with E-state index in [-0.39, 0.29) is 6.10 Å². The Balaban J connectivity index is 1.56. The number of benzene rings is 1. The minimum atomic E-state index is -0.515. The summed E-state index contributed by atoms with van der Waals surface area (Å²) in [5.74, 6) is -0.276. The van der Waals surface area contributed by atoms with Gasteiger partial charge in [-0.2, -0.15) is 0 Å². The second-order valence-corrected chi connectivity index (χ2v) is 7.23. The van der Waals surface area contributed by atoms with Crippen LogP contribution in [0.5, 0.6) is 0 Å². The maximum absolute atomic E-state index is 12.5. The SMILES string of the molecule is O=C(NCCC1CCC1)C(=O)N1CCCOC(c2ccccc2Cl)C1. The first kappa shape index (κ1) is 18.2. The van der Waals surface area contributed by atoms with E-state index >= 15 is 0 Å². The Kier molecular flexibility index (Phi) is 6.32. The Morgan fingerprint density at radius 2 is 2.04 bits per heavy atom. The Hall–Kier alpha value is -1.59. The van der Waals surface area contributed by atoms with E-state index in [1.54, 1.807) is 4.90 Å². The maximum atomic E-state index is 12.5. The fourth-order valence-corrected chi connectivity index (χ4v) is 3.58. The number of nitrogens with one attached hydrogen (secondary N) is 1. The summed E-state index contributed by atoms with van der Waals surface area (Å²) < 4.78 is 5.85. The number of ether oxygens (including phenoxy) is 1. The third-order valence-electron chi connectivity index (χ3n) is 5.07. The van der Waals surface area contributed by atoms with Gasteiger partial charge in [-0.1, -0.05) is 49.1 Å². The zero-order valence-corrected chi connectivity index (χ0v) is 15.1. The van der Waals surface area contributed by atoms with Crippen molar-refractivity contribution in [2.45, 2.75) is 38.2 Å². The van der Waals surface area contributed by atoms with E-state index in [1.807, 2.05) is 24.3 Å². The van der Waals surface area contributed by atoms with Crippen molar-refractivity contribution in [2.24, 2.45) is 5.92 Å². The number of rotatable bonds is 4. The second-order valence-electron chi connectivity index (χ2n) is 6.83. The lowest BCUT2D eigenvalue weighted by Crippen LogP contribution is -2.45. The topological polar surface area (TPSA) is 58.6 Å². The Bertz CT molecular complexity index is 618. The summed E-state index contributed by atoms with van der Waals surface area (Å²) in [5.41, 5.74) is 0.856. The second kappa shape index (κ2) is 8.68. The molecule has 2 aliphatic rings. The van der Waals surface area contributed by atoms with Gasteiger partial charge in [-0.25, -0.2) is 0 Å². The van der Waals surface area contributed by atoms with Crippen LogP contribution in [0.25, 0.3) is 0 Å². The molecule has 136 valence electrons. The first-order valence-electron chi connectivity index (χ1n) is 9.08.